The second-order valence-electron chi connectivity index (χ2n) is 9.02. The number of carbonyl (C=O) groups is 2. The van der Waals surface area contributed by atoms with Crippen molar-refractivity contribution in [2.24, 2.45) is 5.92 Å². The van der Waals surface area contributed by atoms with Crippen molar-refractivity contribution in [2.45, 2.75) is 59.2 Å². The van der Waals surface area contributed by atoms with E-state index in [1.807, 2.05) is 77.1 Å². The van der Waals surface area contributed by atoms with E-state index in [9.17, 15) is 9.59 Å². The van der Waals surface area contributed by atoms with Crippen LogP contribution in [0.5, 0.6) is 0 Å². The average Bonchev–Trinajstić information content (AvgIpc) is 2.71. The molecular weight excluding hydrogens is 388 g/mol. The molecule has 0 spiro atoms. The molecule has 1 aliphatic heterocycles. The molecule has 0 aromatic heterocycles. The smallest absolute Gasteiger partial charge is 0.251 e. The van der Waals surface area contributed by atoms with E-state index in [2.05, 4.69) is 10.6 Å². The molecule has 6 heteroatoms. The molecule has 2 atom stereocenters. The monoisotopic (exact) mass is 420 g/mol. The van der Waals surface area contributed by atoms with Crippen molar-refractivity contribution >= 4 is 17.8 Å². The second kappa shape index (κ2) is 8.92. The van der Waals surface area contributed by atoms with Crippen LogP contribution in [0, 0.1) is 18.3 Å². The van der Waals surface area contributed by atoms with E-state index in [0.29, 0.717) is 12.0 Å². The van der Waals surface area contributed by atoms with Gasteiger partial charge in [0.2, 0.25) is 5.91 Å². The van der Waals surface area contributed by atoms with Crippen LogP contribution in [0.4, 0.5) is 0 Å². The highest BCUT2D eigenvalue weighted by Gasteiger charge is 2.40. The van der Waals surface area contributed by atoms with Gasteiger partial charge in [0.25, 0.3) is 5.91 Å². The number of carbonyl (C=O) groups excluding carboxylic acids is 2. The van der Waals surface area contributed by atoms with Crippen molar-refractivity contribution in [1.29, 1.82) is 5.41 Å². The van der Waals surface area contributed by atoms with Crippen LogP contribution in [0.25, 0.3) is 0 Å². The van der Waals surface area contributed by atoms with E-state index in [-0.39, 0.29) is 36.3 Å². The van der Waals surface area contributed by atoms with Crippen molar-refractivity contribution in [3.8, 4) is 0 Å². The number of nitrogens with zero attached hydrogens (tertiary/aromatic N) is 1. The zero-order valence-corrected chi connectivity index (χ0v) is 19.0. The Kier molecular flexibility index (Phi) is 6.48. The lowest BCUT2D eigenvalue weighted by molar-refractivity contribution is -0.131. The quantitative estimate of drug-likeness (QED) is 0.656. The van der Waals surface area contributed by atoms with Gasteiger partial charge >= 0.3 is 0 Å². The molecule has 1 saturated heterocycles. The van der Waals surface area contributed by atoms with Crippen LogP contribution in [-0.2, 0) is 11.3 Å². The van der Waals surface area contributed by atoms with E-state index in [1.165, 1.54) is 4.90 Å². The summed E-state index contributed by atoms with van der Waals surface area (Å²) < 4.78 is 0. The normalized spacial score (nSPS) is 19.9. The minimum atomic E-state index is -0.421. The van der Waals surface area contributed by atoms with Gasteiger partial charge in [0, 0.05) is 11.1 Å². The summed E-state index contributed by atoms with van der Waals surface area (Å²) in [6, 6.07) is 15.3. The zero-order valence-electron chi connectivity index (χ0n) is 19.0. The maximum Gasteiger partial charge on any atom is 0.251 e. The summed E-state index contributed by atoms with van der Waals surface area (Å²) in [5.74, 6) is 0.0921. The van der Waals surface area contributed by atoms with Crippen molar-refractivity contribution in [2.75, 3.05) is 0 Å². The summed E-state index contributed by atoms with van der Waals surface area (Å²) in [6.45, 7) is 10.2. The highest BCUT2D eigenvalue weighted by Crippen LogP contribution is 2.27. The number of hydrogen-bond acceptors (Lipinski definition) is 3. The Labute approximate surface area is 184 Å². The molecule has 1 aliphatic rings. The van der Waals surface area contributed by atoms with Gasteiger partial charge < -0.3 is 10.6 Å². The third kappa shape index (κ3) is 5.13. The summed E-state index contributed by atoms with van der Waals surface area (Å²) in [6.07, 6.45) is 0.334. The Morgan fingerprint density at radius 1 is 1.19 bits per heavy atom. The van der Waals surface area contributed by atoms with Gasteiger partial charge in [-0.25, -0.2) is 0 Å². The maximum absolute atomic E-state index is 12.9. The molecule has 0 bridgehead atoms. The minimum absolute atomic E-state index is 0.0786. The van der Waals surface area contributed by atoms with Crippen molar-refractivity contribution in [3.63, 3.8) is 0 Å². The molecular formula is C25H32N4O2. The Balaban J connectivity index is 1.75. The van der Waals surface area contributed by atoms with Crippen molar-refractivity contribution in [3.05, 3.63) is 70.8 Å². The molecule has 164 valence electrons. The number of nitrogens with one attached hydrogen (secondary N) is 3. The first kappa shape index (κ1) is 22.5. The standard InChI is InChI=1S/C25H32N4O2/c1-16(2)25(5)14-22(30)29(24(26)28-25)15-19-11-17(3)12-21(13-19)23(31)27-18(4)20-9-7-6-8-10-20/h6-13,16,18H,14-15H2,1-5H3,(H2,26,28)(H,27,31)/t18-,25-/m0/s1. The predicted octanol–water partition coefficient (Wildman–Crippen LogP) is 4.16. The summed E-state index contributed by atoms with van der Waals surface area (Å²) >= 11 is 0. The van der Waals surface area contributed by atoms with Crippen LogP contribution >= 0.6 is 0 Å². The number of guanidine groups is 1. The summed E-state index contributed by atoms with van der Waals surface area (Å²) in [5, 5.41) is 14.6. The van der Waals surface area contributed by atoms with Gasteiger partial charge in [0.15, 0.2) is 5.96 Å². The van der Waals surface area contributed by atoms with Crippen molar-refractivity contribution < 1.29 is 9.59 Å². The molecule has 2 aromatic carbocycles. The lowest BCUT2D eigenvalue weighted by Crippen LogP contribution is -2.62. The minimum Gasteiger partial charge on any atom is -0.350 e. The number of aryl methyl sites for hydroxylation is 1. The highest BCUT2D eigenvalue weighted by molar-refractivity contribution is 5.99. The predicted molar refractivity (Wildman–Crippen MR) is 123 cm³/mol. The first-order valence-corrected chi connectivity index (χ1v) is 10.7. The van der Waals surface area contributed by atoms with Crippen LogP contribution in [0.3, 0.4) is 0 Å². The fourth-order valence-corrected chi connectivity index (χ4v) is 3.80. The molecule has 1 heterocycles. The first-order valence-electron chi connectivity index (χ1n) is 10.7. The summed E-state index contributed by atoms with van der Waals surface area (Å²) in [5.41, 5.74) is 2.93. The Hall–Kier alpha value is -3.15. The van der Waals surface area contributed by atoms with Gasteiger partial charge in [0.05, 0.1) is 19.0 Å². The van der Waals surface area contributed by atoms with Crippen LogP contribution < -0.4 is 10.6 Å². The number of rotatable bonds is 6. The summed E-state index contributed by atoms with van der Waals surface area (Å²) in [7, 11) is 0. The average molecular weight is 421 g/mol. The highest BCUT2D eigenvalue weighted by atomic mass is 16.2. The van der Waals surface area contributed by atoms with E-state index < -0.39 is 5.54 Å². The SMILES string of the molecule is Cc1cc(CN2C(=N)N[C@](C)(C(C)C)CC2=O)cc(C(=O)N[C@@H](C)c2ccccc2)c1. The lowest BCUT2D eigenvalue weighted by Gasteiger charge is -2.43. The molecule has 1 fully saturated rings. The Bertz CT molecular complexity index is 966. The van der Waals surface area contributed by atoms with Crippen LogP contribution in [0.1, 0.15) is 67.2 Å². The molecule has 0 saturated carbocycles. The molecule has 6 nitrogen and oxygen atoms in total. The van der Waals surface area contributed by atoms with Gasteiger partial charge in [-0.1, -0.05) is 50.2 Å². The second-order valence-corrected chi connectivity index (χ2v) is 9.02. The number of hydrogen-bond donors (Lipinski definition) is 3. The lowest BCUT2D eigenvalue weighted by atomic mass is 9.83. The van der Waals surface area contributed by atoms with E-state index in [0.717, 1.165) is 16.7 Å². The van der Waals surface area contributed by atoms with Gasteiger partial charge in [-0.05, 0) is 55.5 Å². The van der Waals surface area contributed by atoms with E-state index >= 15 is 0 Å². The molecule has 3 rings (SSSR count). The van der Waals surface area contributed by atoms with Gasteiger partial charge in [-0.15, -0.1) is 0 Å². The van der Waals surface area contributed by atoms with Crippen molar-refractivity contribution in [1.82, 2.24) is 15.5 Å². The third-order valence-corrected chi connectivity index (χ3v) is 6.15. The Morgan fingerprint density at radius 2 is 1.87 bits per heavy atom. The molecule has 2 amide bonds. The van der Waals surface area contributed by atoms with E-state index in [1.54, 1.807) is 6.07 Å². The van der Waals surface area contributed by atoms with Crippen LogP contribution in [0.2, 0.25) is 0 Å². The largest absolute Gasteiger partial charge is 0.350 e. The maximum atomic E-state index is 12.9. The van der Waals surface area contributed by atoms with Gasteiger partial charge in [0.1, 0.15) is 0 Å². The number of amides is 2. The molecule has 0 radical (unpaired) electrons. The topological polar surface area (TPSA) is 85.3 Å². The third-order valence-electron chi connectivity index (χ3n) is 6.15. The molecule has 3 N–H and O–H groups in total. The molecule has 31 heavy (non-hydrogen) atoms. The van der Waals surface area contributed by atoms with Gasteiger partial charge in [-0.2, -0.15) is 0 Å². The summed E-state index contributed by atoms with van der Waals surface area (Å²) in [4.78, 5) is 27.1. The fraction of sp³-hybridized carbons (Fsp3) is 0.400. The van der Waals surface area contributed by atoms with E-state index in [4.69, 9.17) is 5.41 Å². The molecule has 0 unspecified atom stereocenters. The van der Waals surface area contributed by atoms with Crippen LogP contribution in [0.15, 0.2) is 48.5 Å². The molecule has 2 aromatic rings. The fourth-order valence-electron chi connectivity index (χ4n) is 3.80. The van der Waals surface area contributed by atoms with Gasteiger partial charge in [-0.3, -0.25) is 19.9 Å². The number of benzene rings is 2. The zero-order chi connectivity index (χ0) is 22.8. The first-order chi connectivity index (χ1) is 14.6. The van der Waals surface area contributed by atoms with Crippen LogP contribution in [-0.4, -0.2) is 28.2 Å². The Morgan fingerprint density at radius 3 is 2.48 bits per heavy atom. The molecule has 0 aliphatic carbocycles.